The van der Waals surface area contributed by atoms with Gasteiger partial charge in [0.2, 0.25) is 10.0 Å². The molecule has 0 atom stereocenters. The van der Waals surface area contributed by atoms with Crippen LogP contribution in [-0.4, -0.2) is 81.3 Å². The van der Waals surface area contributed by atoms with E-state index in [2.05, 4.69) is 17.1 Å². The van der Waals surface area contributed by atoms with Crippen molar-refractivity contribution in [1.82, 2.24) is 14.5 Å². The average molecular weight is 415 g/mol. The van der Waals surface area contributed by atoms with E-state index in [4.69, 9.17) is 9.73 Å². The van der Waals surface area contributed by atoms with Crippen molar-refractivity contribution in [3.63, 3.8) is 0 Å². The first-order valence-electron chi connectivity index (χ1n) is 11.0. The molecule has 0 aromatic rings. The standard InChI is InChI=1S/C20H38N4O3S/c1-4-21-19(22-16-20(8-5-9-20)18-6-7-18)23-10-12-24(13-11-23)28(25,26)15-14-27-17(2)3/h17-18H,4-16H2,1-3H3,(H,21,22). The molecule has 1 heterocycles. The summed E-state index contributed by atoms with van der Waals surface area (Å²) in [5.41, 5.74) is 0.461. The fourth-order valence-corrected chi connectivity index (χ4v) is 5.66. The molecule has 3 rings (SSSR count). The first kappa shape index (κ1) is 21.8. The highest BCUT2D eigenvalue weighted by atomic mass is 32.2. The smallest absolute Gasteiger partial charge is 0.216 e. The van der Waals surface area contributed by atoms with E-state index < -0.39 is 10.0 Å². The largest absolute Gasteiger partial charge is 0.378 e. The third-order valence-electron chi connectivity index (χ3n) is 6.40. The topological polar surface area (TPSA) is 74.2 Å². The van der Waals surface area contributed by atoms with E-state index in [9.17, 15) is 8.42 Å². The number of piperazine rings is 1. The average Bonchev–Trinajstić information content (AvgIpc) is 3.45. The zero-order valence-corrected chi connectivity index (χ0v) is 18.6. The lowest BCUT2D eigenvalue weighted by atomic mass is 9.65. The minimum absolute atomic E-state index is 0.0561. The van der Waals surface area contributed by atoms with Crippen molar-refractivity contribution in [2.24, 2.45) is 16.3 Å². The van der Waals surface area contributed by atoms with Crippen LogP contribution in [0.2, 0.25) is 0 Å². The molecule has 2 aliphatic carbocycles. The Hall–Kier alpha value is -0.860. The van der Waals surface area contributed by atoms with Crippen molar-refractivity contribution in [1.29, 1.82) is 0 Å². The van der Waals surface area contributed by atoms with Crippen LogP contribution < -0.4 is 5.32 Å². The second kappa shape index (κ2) is 9.30. The molecule has 0 unspecified atom stereocenters. The third-order valence-corrected chi connectivity index (χ3v) is 8.23. The van der Waals surface area contributed by atoms with E-state index >= 15 is 0 Å². The second-order valence-electron chi connectivity index (χ2n) is 8.78. The van der Waals surface area contributed by atoms with E-state index in [0.29, 0.717) is 31.6 Å². The molecular weight excluding hydrogens is 376 g/mol. The molecule has 1 aliphatic heterocycles. The van der Waals surface area contributed by atoms with Gasteiger partial charge in [-0.15, -0.1) is 0 Å². The van der Waals surface area contributed by atoms with E-state index in [0.717, 1.165) is 25.0 Å². The van der Waals surface area contributed by atoms with Crippen LogP contribution >= 0.6 is 0 Å². The Morgan fingerprint density at radius 1 is 1.21 bits per heavy atom. The van der Waals surface area contributed by atoms with Crippen LogP contribution in [0, 0.1) is 11.3 Å². The number of ether oxygens (including phenoxy) is 1. The van der Waals surface area contributed by atoms with Gasteiger partial charge in [-0.05, 0) is 57.8 Å². The number of rotatable bonds is 9. The summed E-state index contributed by atoms with van der Waals surface area (Å²) in [5, 5.41) is 3.42. The normalized spacial score (nSPS) is 23.7. The van der Waals surface area contributed by atoms with Gasteiger partial charge in [-0.1, -0.05) is 6.42 Å². The Morgan fingerprint density at radius 2 is 1.89 bits per heavy atom. The molecule has 1 N–H and O–H groups in total. The predicted octanol–water partition coefficient (Wildman–Crippen LogP) is 1.90. The quantitative estimate of drug-likeness (QED) is 0.461. The van der Waals surface area contributed by atoms with Crippen molar-refractivity contribution in [2.75, 3.05) is 51.6 Å². The van der Waals surface area contributed by atoms with Crippen molar-refractivity contribution in [3.05, 3.63) is 0 Å². The molecule has 3 fully saturated rings. The Labute approximate surface area is 170 Å². The summed E-state index contributed by atoms with van der Waals surface area (Å²) in [7, 11) is -3.25. The number of nitrogens with one attached hydrogen (secondary N) is 1. The monoisotopic (exact) mass is 414 g/mol. The molecule has 0 spiro atoms. The molecule has 1 saturated heterocycles. The SMILES string of the molecule is CCNC(=NCC1(C2CC2)CCC1)N1CCN(S(=O)(=O)CCOC(C)C)CC1. The van der Waals surface area contributed by atoms with Gasteiger partial charge in [-0.3, -0.25) is 4.99 Å². The Kier molecular flexibility index (Phi) is 7.26. The molecule has 3 aliphatic rings. The highest BCUT2D eigenvalue weighted by Gasteiger charge is 2.48. The molecule has 8 heteroatoms. The number of sulfonamides is 1. The second-order valence-corrected chi connectivity index (χ2v) is 10.9. The fourth-order valence-electron chi connectivity index (χ4n) is 4.38. The molecule has 0 bridgehead atoms. The first-order valence-corrected chi connectivity index (χ1v) is 12.6. The zero-order chi connectivity index (χ0) is 20.2. The highest BCUT2D eigenvalue weighted by molar-refractivity contribution is 7.89. The van der Waals surface area contributed by atoms with Gasteiger partial charge >= 0.3 is 0 Å². The van der Waals surface area contributed by atoms with Crippen LogP contribution in [0.4, 0.5) is 0 Å². The van der Waals surface area contributed by atoms with Crippen molar-refractivity contribution >= 4 is 16.0 Å². The van der Waals surface area contributed by atoms with Crippen molar-refractivity contribution in [2.45, 2.75) is 59.0 Å². The maximum absolute atomic E-state index is 12.5. The lowest BCUT2D eigenvalue weighted by Gasteiger charge is -2.42. The van der Waals surface area contributed by atoms with Crippen LogP contribution in [0.15, 0.2) is 4.99 Å². The van der Waals surface area contributed by atoms with Gasteiger partial charge in [0.25, 0.3) is 0 Å². The van der Waals surface area contributed by atoms with E-state index in [1.165, 1.54) is 32.1 Å². The molecular formula is C20H38N4O3S. The Morgan fingerprint density at radius 3 is 2.39 bits per heavy atom. The summed E-state index contributed by atoms with van der Waals surface area (Å²) < 4.78 is 32.1. The fraction of sp³-hybridized carbons (Fsp3) is 0.950. The predicted molar refractivity (Wildman–Crippen MR) is 113 cm³/mol. The van der Waals surface area contributed by atoms with Crippen LogP contribution in [-0.2, 0) is 14.8 Å². The Bertz CT molecular complexity index is 634. The summed E-state index contributed by atoms with van der Waals surface area (Å²) in [6, 6.07) is 0. The van der Waals surface area contributed by atoms with Crippen LogP contribution in [0.25, 0.3) is 0 Å². The molecule has 0 aromatic heterocycles. The van der Waals surface area contributed by atoms with E-state index in [-0.39, 0.29) is 18.5 Å². The van der Waals surface area contributed by atoms with Crippen LogP contribution in [0.1, 0.15) is 52.9 Å². The number of aliphatic imine (C=N–C) groups is 1. The molecule has 0 radical (unpaired) electrons. The maximum atomic E-state index is 12.5. The van der Waals surface area contributed by atoms with Gasteiger partial charge < -0.3 is 15.0 Å². The minimum atomic E-state index is -3.25. The molecule has 7 nitrogen and oxygen atoms in total. The number of hydrogen-bond acceptors (Lipinski definition) is 4. The summed E-state index contributed by atoms with van der Waals surface area (Å²) in [4.78, 5) is 7.21. The van der Waals surface area contributed by atoms with Crippen LogP contribution in [0.3, 0.4) is 0 Å². The number of nitrogens with zero attached hydrogens (tertiary/aromatic N) is 3. The van der Waals surface area contributed by atoms with Gasteiger partial charge in [0, 0.05) is 39.3 Å². The molecule has 162 valence electrons. The van der Waals surface area contributed by atoms with Gasteiger partial charge in [0.15, 0.2) is 5.96 Å². The number of hydrogen-bond donors (Lipinski definition) is 1. The third kappa shape index (κ3) is 5.39. The molecule has 2 saturated carbocycles. The highest BCUT2D eigenvalue weighted by Crippen LogP contribution is 2.57. The first-order chi connectivity index (χ1) is 13.4. The summed E-state index contributed by atoms with van der Waals surface area (Å²) >= 11 is 0. The maximum Gasteiger partial charge on any atom is 0.216 e. The lowest BCUT2D eigenvalue weighted by molar-refractivity contribution is 0.0904. The van der Waals surface area contributed by atoms with E-state index in [1.807, 2.05) is 13.8 Å². The van der Waals surface area contributed by atoms with Crippen LogP contribution in [0.5, 0.6) is 0 Å². The van der Waals surface area contributed by atoms with E-state index in [1.54, 1.807) is 4.31 Å². The van der Waals surface area contributed by atoms with Gasteiger partial charge in [-0.25, -0.2) is 8.42 Å². The molecule has 0 amide bonds. The van der Waals surface area contributed by atoms with Gasteiger partial charge in [0.05, 0.1) is 18.5 Å². The zero-order valence-electron chi connectivity index (χ0n) is 17.8. The summed E-state index contributed by atoms with van der Waals surface area (Å²) in [5.74, 6) is 1.90. The Balaban J connectivity index is 1.53. The van der Waals surface area contributed by atoms with Crippen molar-refractivity contribution < 1.29 is 13.2 Å². The lowest BCUT2D eigenvalue weighted by Crippen LogP contribution is -2.54. The summed E-state index contributed by atoms with van der Waals surface area (Å²) in [6.45, 7) is 10.3. The molecule has 28 heavy (non-hydrogen) atoms. The number of guanidine groups is 1. The minimum Gasteiger partial charge on any atom is -0.378 e. The van der Waals surface area contributed by atoms with Gasteiger partial charge in [0.1, 0.15) is 0 Å². The summed E-state index contributed by atoms with van der Waals surface area (Å²) in [6.07, 6.45) is 6.81. The van der Waals surface area contributed by atoms with Crippen molar-refractivity contribution in [3.8, 4) is 0 Å². The van der Waals surface area contributed by atoms with Gasteiger partial charge in [-0.2, -0.15) is 4.31 Å². The molecule has 0 aromatic carbocycles.